The van der Waals surface area contributed by atoms with Crippen molar-refractivity contribution in [2.24, 2.45) is 0 Å². The van der Waals surface area contributed by atoms with Crippen LogP contribution in [0.5, 0.6) is 0 Å². The Morgan fingerprint density at radius 1 is 1.00 bits per heavy atom. The first-order valence-corrected chi connectivity index (χ1v) is 5.16. The van der Waals surface area contributed by atoms with E-state index in [1.54, 1.807) is 0 Å². The first kappa shape index (κ1) is 10.0. The largest absolute Gasteiger partial charge is 0.0985 e. The summed E-state index contributed by atoms with van der Waals surface area (Å²) in [4.78, 5) is 0. The zero-order valence-corrected chi connectivity index (χ0v) is 9.04. The molecule has 0 unspecified atom stereocenters. The molecule has 1 heteroatoms. The van der Waals surface area contributed by atoms with E-state index in [-0.39, 0.29) is 0 Å². The van der Waals surface area contributed by atoms with E-state index < -0.39 is 0 Å². The van der Waals surface area contributed by atoms with Crippen molar-refractivity contribution in [1.29, 1.82) is 0 Å². The van der Waals surface area contributed by atoms with Gasteiger partial charge in [-0.05, 0) is 23.3 Å². The normalized spacial score (nSPS) is 9.93. The fourth-order valence-corrected chi connectivity index (χ4v) is 1.74. The van der Waals surface area contributed by atoms with Crippen molar-refractivity contribution in [2.75, 3.05) is 0 Å². The predicted octanol–water partition coefficient (Wildman–Crippen LogP) is 4.65. The third kappa shape index (κ3) is 2.11. The zero-order chi connectivity index (χ0) is 10.7. The van der Waals surface area contributed by atoms with E-state index in [0.29, 0.717) is 0 Å². The Morgan fingerprint density at radius 2 is 1.73 bits per heavy atom. The summed E-state index contributed by atoms with van der Waals surface area (Å²) in [5.74, 6) is 0. The van der Waals surface area contributed by atoms with E-state index in [2.05, 4.69) is 6.58 Å². The molecule has 0 nitrogen and oxygen atoms in total. The summed E-state index contributed by atoms with van der Waals surface area (Å²) in [6, 6.07) is 16.0. The van der Waals surface area contributed by atoms with Crippen molar-refractivity contribution in [1.82, 2.24) is 0 Å². The molecule has 0 atom stereocenters. The third-order valence-corrected chi connectivity index (χ3v) is 2.64. The Balaban J connectivity index is 2.57. The van der Waals surface area contributed by atoms with Crippen LogP contribution in [0.2, 0.25) is 5.02 Å². The molecule has 0 bridgehead atoms. The van der Waals surface area contributed by atoms with Gasteiger partial charge < -0.3 is 0 Å². The predicted molar refractivity (Wildman–Crippen MR) is 67.0 cm³/mol. The molecule has 0 saturated carbocycles. The van der Waals surface area contributed by atoms with Crippen molar-refractivity contribution in [3.05, 3.63) is 65.7 Å². The summed E-state index contributed by atoms with van der Waals surface area (Å²) in [5, 5.41) is 0.770. The molecule has 0 aromatic heterocycles. The maximum atomic E-state index is 6.15. The molecule has 0 amide bonds. The van der Waals surface area contributed by atoms with E-state index in [9.17, 15) is 0 Å². The van der Waals surface area contributed by atoms with Crippen LogP contribution in [0.15, 0.2) is 55.1 Å². The minimum atomic E-state index is 0.770. The molecule has 0 aliphatic heterocycles. The SMILES string of the molecule is C=Cc1ccc(Cl)c(-c2ccccc2)c1. The molecule has 0 saturated heterocycles. The second-order valence-electron chi connectivity index (χ2n) is 3.31. The summed E-state index contributed by atoms with van der Waals surface area (Å²) >= 11 is 6.15. The molecule has 0 fully saturated rings. The van der Waals surface area contributed by atoms with Crippen LogP contribution in [0.1, 0.15) is 5.56 Å². The summed E-state index contributed by atoms with van der Waals surface area (Å²) in [6.07, 6.45) is 1.82. The highest BCUT2D eigenvalue weighted by atomic mass is 35.5. The number of hydrogen-bond acceptors (Lipinski definition) is 0. The van der Waals surface area contributed by atoms with Crippen LogP contribution in [0.4, 0.5) is 0 Å². The van der Waals surface area contributed by atoms with Crippen molar-refractivity contribution >= 4 is 17.7 Å². The molecule has 0 radical (unpaired) electrons. The fourth-order valence-electron chi connectivity index (χ4n) is 1.51. The summed E-state index contributed by atoms with van der Waals surface area (Å²) < 4.78 is 0. The molecule has 2 aromatic rings. The third-order valence-electron chi connectivity index (χ3n) is 2.31. The smallest absolute Gasteiger partial charge is 0.0484 e. The molecule has 74 valence electrons. The van der Waals surface area contributed by atoms with Gasteiger partial charge in [-0.2, -0.15) is 0 Å². The average molecular weight is 215 g/mol. The van der Waals surface area contributed by atoms with E-state index in [4.69, 9.17) is 11.6 Å². The van der Waals surface area contributed by atoms with E-state index in [1.165, 1.54) is 0 Å². The molecule has 2 aromatic carbocycles. The quantitative estimate of drug-likeness (QED) is 0.683. The Morgan fingerprint density at radius 3 is 2.40 bits per heavy atom. The number of halogens is 1. The van der Waals surface area contributed by atoms with Crippen molar-refractivity contribution in [3.8, 4) is 11.1 Å². The topological polar surface area (TPSA) is 0 Å². The van der Waals surface area contributed by atoms with Crippen molar-refractivity contribution in [3.63, 3.8) is 0 Å². The van der Waals surface area contributed by atoms with E-state index in [1.807, 2.05) is 54.6 Å². The Bertz CT molecular complexity index is 472. The van der Waals surface area contributed by atoms with Crippen LogP contribution in [-0.2, 0) is 0 Å². The lowest BCUT2D eigenvalue weighted by Crippen LogP contribution is -1.80. The first-order valence-electron chi connectivity index (χ1n) is 4.78. The van der Waals surface area contributed by atoms with Gasteiger partial charge in [0.25, 0.3) is 0 Å². The second-order valence-corrected chi connectivity index (χ2v) is 3.72. The zero-order valence-electron chi connectivity index (χ0n) is 8.28. The number of hydrogen-bond donors (Lipinski definition) is 0. The van der Waals surface area contributed by atoms with Crippen molar-refractivity contribution in [2.45, 2.75) is 0 Å². The van der Waals surface area contributed by atoms with Crippen molar-refractivity contribution < 1.29 is 0 Å². The molecule has 0 spiro atoms. The lowest BCUT2D eigenvalue weighted by molar-refractivity contribution is 1.60. The number of rotatable bonds is 2. The van der Waals surface area contributed by atoms with Crippen LogP contribution < -0.4 is 0 Å². The van der Waals surface area contributed by atoms with Gasteiger partial charge in [-0.25, -0.2) is 0 Å². The monoisotopic (exact) mass is 214 g/mol. The Hall–Kier alpha value is -1.53. The minimum Gasteiger partial charge on any atom is -0.0985 e. The van der Waals surface area contributed by atoms with Crippen LogP contribution in [0, 0.1) is 0 Å². The minimum absolute atomic E-state index is 0.770. The summed E-state index contributed by atoms with van der Waals surface area (Å²) in [5.41, 5.74) is 3.26. The molecular formula is C14H11Cl. The second kappa shape index (κ2) is 4.33. The Labute approximate surface area is 94.8 Å². The van der Waals surface area contributed by atoms with Gasteiger partial charge >= 0.3 is 0 Å². The van der Waals surface area contributed by atoms with Gasteiger partial charge in [0, 0.05) is 10.6 Å². The summed E-state index contributed by atoms with van der Waals surface area (Å²) in [7, 11) is 0. The van der Waals surface area contributed by atoms with Crippen LogP contribution in [0.25, 0.3) is 17.2 Å². The lowest BCUT2D eigenvalue weighted by atomic mass is 10.0. The lowest BCUT2D eigenvalue weighted by Gasteiger charge is -2.05. The van der Waals surface area contributed by atoms with Gasteiger partial charge in [-0.1, -0.05) is 60.7 Å². The van der Waals surface area contributed by atoms with Crippen LogP contribution >= 0.6 is 11.6 Å². The Kier molecular flexibility index (Phi) is 2.89. The van der Waals surface area contributed by atoms with Gasteiger partial charge in [0.1, 0.15) is 0 Å². The van der Waals surface area contributed by atoms with Crippen LogP contribution in [0.3, 0.4) is 0 Å². The highest BCUT2D eigenvalue weighted by Gasteiger charge is 2.02. The average Bonchev–Trinajstić information content (AvgIpc) is 2.31. The van der Waals surface area contributed by atoms with Gasteiger partial charge in [-0.15, -0.1) is 0 Å². The molecule has 0 N–H and O–H groups in total. The first-order chi connectivity index (χ1) is 7.31. The summed E-state index contributed by atoms with van der Waals surface area (Å²) in [6.45, 7) is 3.75. The van der Waals surface area contributed by atoms with Gasteiger partial charge in [0.2, 0.25) is 0 Å². The number of benzene rings is 2. The highest BCUT2D eigenvalue weighted by Crippen LogP contribution is 2.28. The van der Waals surface area contributed by atoms with E-state index >= 15 is 0 Å². The van der Waals surface area contributed by atoms with Gasteiger partial charge in [0.05, 0.1) is 0 Å². The van der Waals surface area contributed by atoms with Gasteiger partial charge in [0.15, 0.2) is 0 Å². The maximum absolute atomic E-state index is 6.15. The standard InChI is InChI=1S/C14H11Cl/c1-2-11-8-9-14(15)13(10-11)12-6-4-3-5-7-12/h2-10H,1H2. The van der Waals surface area contributed by atoms with Crippen LogP contribution in [-0.4, -0.2) is 0 Å². The fraction of sp³-hybridized carbons (Fsp3) is 0. The highest BCUT2D eigenvalue weighted by molar-refractivity contribution is 6.33. The molecular weight excluding hydrogens is 204 g/mol. The molecule has 2 rings (SSSR count). The maximum Gasteiger partial charge on any atom is 0.0484 e. The van der Waals surface area contributed by atoms with E-state index in [0.717, 1.165) is 21.7 Å². The molecule has 0 aliphatic carbocycles. The molecule has 0 heterocycles. The molecule has 0 aliphatic rings. The molecule has 15 heavy (non-hydrogen) atoms. The van der Waals surface area contributed by atoms with Gasteiger partial charge in [-0.3, -0.25) is 0 Å².